The van der Waals surface area contributed by atoms with Crippen molar-refractivity contribution in [1.29, 1.82) is 0 Å². The van der Waals surface area contributed by atoms with Gasteiger partial charge in [0.15, 0.2) is 0 Å². The fourth-order valence-corrected chi connectivity index (χ4v) is 6.57. The summed E-state index contributed by atoms with van der Waals surface area (Å²) in [4.78, 5) is 0. The summed E-state index contributed by atoms with van der Waals surface area (Å²) in [5.41, 5.74) is 0.0893. The Morgan fingerprint density at radius 2 is 0.686 bits per heavy atom. The van der Waals surface area contributed by atoms with Gasteiger partial charge in [0, 0.05) is 0 Å². The minimum atomic E-state index is -3.68. The van der Waals surface area contributed by atoms with E-state index in [1.807, 2.05) is 0 Å². The molecule has 0 unspecified atom stereocenters. The number of rotatable bonds is 24. The number of hydrogen-bond donors (Lipinski definition) is 0. The minimum Gasteiger partial charge on any atom is -0.286 e. The number of hydrogen-bond acceptors (Lipinski definition) is 4. The van der Waals surface area contributed by atoms with Gasteiger partial charge >= 0.3 is 7.82 Å². The smallest absolute Gasteiger partial charge is 0.286 e. The molecule has 0 aromatic carbocycles. The minimum absolute atomic E-state index is 0.0298. The van der Waals surface area contributed by atoms with Crippen LogP contribution in [0.1, 0.15) is 159 Å². The van der Waals surface area contributed by atoms with Gasteiger partial charge in [0.1, 0.15) is 0 Å². The Morgan fingerprint density at radius 1 is 0.457 bits per heavy atom. The molecule has 0 aromatic rings. The Kier molecular flexibility index (Phi) is 18.4. The molecule has 0 N–H and O–H groups in total. The van der Waals surface area contributed by atoms with Crippen LogP contribution in [0.25, 0.3) is 0 Å². The van der Waals surface area contributed by atoms with E-state index < -0.39 is 7.82 Å². The van der Waals surface area contributed by atoms with Gasteiger partial charge in [-0.05, 0) is 74.0 Å². The largest absolute Gasteiger partial charge is 0.474 e. The molecule has 0 radical (unpaired) electrons. The lowest BCUT2D eigenvalue weighted by atomic mass is 9.79. The van der Waals surface area contributed by atoms with Gasteiger partial charge in [-0.15, -0.1) is 0 Å². The summed E-state index contributed by atoms with van der Waals surface area (Å²) < 4.78 is 33.0. The van der Waals surface area contributed by atoms with Crippen molar-refractivity contribution in [3.8, 4) is 0 Å². The molecule has 0 rings (SSSR count). The number of unbranched alkanes of at least 4 members (excludes halogenated alkanes) is 3. The van der Waals surface area contributed by atoms with Gasteiger partial charge in [-0.2, -0.15) is 0 Å². The molecular formula is C30H63O4P. The first-order chi connectivity index (χ1) is 16.7. The monoisotopic (exact) mass is 518 g/mol. The van der Waals surface area contributed by atoms with Gasteiger partial charge in [0.25, 0.3) is 0 Å². The zero-order chi connectivity index (χ0) is 26.8. The average Bonchev–Trinajstić information content (AvgIpc) is 2.90. The van der Waals surface area contributed by atoms with Crippen LogP contribution >= 0.6 is 7.82 Å². The first-order valence-corrected chi connectivity index (χ1v) is 16.7. The van der Waals surface area contributed by atoms with Crippen molar-refractivity contribution in [3.63, 3.8) is 0 Å². The molecule has 0 aliphatic carbocycles. The van der Waals surface area contributed by atoms with Crippen molar-refractivity contribution < 1.29 is 18.1 Å². The van der Waals surface area contributed by atoms with Crippen molar-refractivity contribution in [3.05, 3.63) is 0 Å². The van der Waals surface area contributed by atoms with E-state index in [9.17, 15) is 4.57 Å². The molecule has 4 nitrogen and oxygen atoms in total. The molecule has 0 bridgehead atoms. The normalized spacial score (nSPS) is 13.5. The third-order valence-corrected chi connectivity index (χ3v) is 10.6. The van der Waals surface area contributed by atoms with Crippen LogP contribution in [0.2, 0.25) is 0 Å². The van der Waals surface area contributed by atoms with Gasteiger partial charge < -0.3 is 0 Å². The van der Waals surface area contributed by atoms with Gasteiger partial charge in [0.2, 0.25) is 0 Å². The number of phosphoric acid groups is 1. The topological polar surface area (TPSA) is 44.8 Å². The van der Waals surface area contributed by atoms with Crippen LogP contribution in [0.15, 0.2) is 0 Å². The van der Waals surface area contributed by atoms with Gasteiger partial charge in [-0.3, -0.25) is 13.6 Å². The molecule has 0 amide bonds. The molecule has 212 valence electrons. The molecule has 5 heteroatoms. The lowest BCUT2D eigenvalue weighted by molar-refractivity contribution is 0.0128. The fraction of sp³-hybridized carbons (Fsp3) is 1.00. The maximum absolute atomic E-state index is 14.2. The van der Waals surface area contributed by atoms with Crippen LogP contribution in [0.4, 0.5) is 0 Å². The Labute approximate surface area is 220 Å². The molecule has 0 saturated heterocycles. The quantitative estimate of drug-likeness (QED) is 0.119. The van der Waals surface area contributed by atoms with Crippen LogP contribution < -0.4 is 0 Å². The molecule has 35 heavy (non-hydrogen) atoms. The highest BCUT2D eigenvalue weighted by Gasteiger charge is 2.39. The molecule has 0 heterocycles. The molecule has 0 fully saturated rings. The highest BCUT2D eigenvalue weighted by molar-refractivity contribution is 7.48. The second-order valence-corrected chi connectivity index (χ2v) is 12.9. The van der Waals surface area contributed by atoms with Crippen molar-refractivity contribution in [1.82, 2.24) is 0 Å². The van der Waals surface area contributed by atoms with E-state index in [1.54, 1.807) is 0 Å². The maximum Gasteiger partial charge on any atom is 0.474 e. The Balaban J connectivity index is 5.81. The van der Waals surface area contributed by atoms with Crippen LogP contribution in [0, 0.1) is 16.2 Å². The van der Waals surface area contributed by atoms with Crippen LogP contribution in [0.5, 0.6) is 0 Å². The highest BCUT2D eigenvalue weighted by Crippen LogP contribution is 2.55. The summed E-state index contributed by atoms with van der Waals surface area (Å²) in [5, 5.41) is 0. The van der Waals surface area contributed by atoms with Crippen molar-refractivity contribution in [2.24, 2.45) is 16.2 Å². The summed E-state index contributed by atoms with van der Waals surface area (Å²) in [6.07, 6.45) is 16.3. The lowest BCUT2D eigenvalue weighted by Gasteiger charge is -2.37. The summed E-state index contributed by atoms with van der Waals surface area (Å²) in [7, 11) is -3.68. The molecular weight excluding hydrogens is 455 g/mol. The van der Waals surface area contributed by atoms with Crippen LogP contribution in [-0.4, -0.2) is 19.8 Å². The maximum atomic E-state index is 14.2. The fourth-order valence-electron chi connectivity index (χ4n) is 5.05. The van der Waals surface area contributed by atoms with Gasteiger partial charge in [-0.1, -0.05) is 101 Å². The molecule has 0 saturated carbocycles. The van der Waals surface area contributed by atoms with E-state index in [2.05, 4.69) is 62.3 Å². The van der Waals surface area contributed by atoms with E-state index >= 15 is 0 Å². The predicted octanol–water partition coefficient (Wildman–Crippen LogP) is 11.1. The number of phosphoric ester groups is 1. The zero-order valence-corrected chi connectivity index (χ0v) is 26.2. The summed E-state index contributed by atoms with van der Waals surface area (Å²) in [5.74, 6) is 0. The van der Waals surface area contributed by atoms with Gasteiger partial charge in [0.05, 0.1) is 19.8 Å². The standard InChI is InChI=1S/C30H63O4P/c1-10-19-22-28(13-4,14-5)25-32-35(31,33-26-29(15-6,16-7)23-20-11-2)34-27-30(17-8,18-9)24-21-12-3/h10-27H2,1-9H3. The summed E-state index contributed by atoms with van der Waals surface area (Å²) in [6.45, 7) is 21.4. The Hall–Kier alpha value is 0.110. The molecule has 0 spiro atoms. The first kappa shape index (κ1) is 35.1. The second kappa shape index (κ2) is 18.4. The summed E-state index contributed by atoms with van der Waals surface area (Å²) in [6, 6.07) is 0. The second-order valence-electron chi connectivity index (χ2n) is 11.2. The molecule has 0 aromatic heterocycles. The predicted molar refractivity (Wildman–Crippen MR) is 153 cm³/mol. The zero-order valence-electron chi connectivity index (χ0n) is 25.3. The third kappa shape index (κ3) is 12.0. The third-order valence-electron chi connectivity index (χ3n) is 9.27. The molecule has 0 aliphatic heterocycles. The van der Waals surface area contributed by atoms with E-state index in [-0.39, 0.29) is 16.2 Å². The first-order valence-electron chi connectivity index (χ1n) is 15.2. The van der Waals surface area contributed by atoms with Crippen molar-refractivity contribution in [2.75, 3.05) is 19.8 Å². The Morgan fingerprint density at radius 3 is 0.857 bits per heavy atom. The van der Waals surface area contributed by atoms with E-state index in [1.165, 1.54) is 0 Å². The lowest BCUT2D eigenvalue weighted by Crippen LogP contribution is -2.29. The van der Waals surface area contributed by atoms with Crippen LogP contribution in [0.3, 0.4) is 0 Å². The molecule has 0 aliphatic rings. The van der Waals surface area contributed by atoms with Crippen molar-refractivity contribution in [2.45, 2.75) is 159 Å². The SMILES string of the molecule is CCCCC(CC)(CC)COP(=O)(OCC(CC)(CC)CCCC)OCC(CC)(CC)CCCC. The average molecular weight is 519 g/mol. The molecule has 0 atom stereocenters. The van der Waals surface area contributed by atoms with E-state index in [0.29, 0.717) is 19.8 Å². The van der Waals surface area contributed by atoms with Gasteiger partial charge in [-0.25, -0.2) is 4.57 Å². The van der Waals surface area contributed by atoms with Crippen molar-refractivity contribution >= 4 is 7.82 Å². The van der Waals surface area contributed by atoms with E-state index in [4.69, 9.17) is 13.6 Å². The van der Waals surface area contributed by atoms with E-state index in [0.717, 1.165) is 96.3 Å². The highest BCUT2D eigenvalue weighted by atomic mass is 31.2. The van der Waals surface area contributed by atoms with Crippen LogP contribution in [-0.2, 0) is 18.1 Å². The Bertz CT molecular complexity index is 474. The summed E-state index contributed by atoms with van der Waals surface area (Å²) >= 11 is 0.